The van der Waals surface area contributed by atoms with E-state index in [9.17, 15) is 5.26 Å². The predicted octanol–water partition coefficient (Wildman–Crippen LogP) is 2.69. The molecule has 1 heterocycles. The van der Waals surface area contributed by atoms with Crippen molar-refractivity contribution in [2.24, 2.45) is 0 Å². The number of piperazine rings is 1. The molecule has 126 valence electrons. The first kappa shape index (κ1) is 17.6. The fraction of sp³-hybridized carbons (Fsp3) is 0.611. The second-order valence-electron chi connectivity index (χ2n) is 5.57. The van der Waals surface area contributed by atoms with Crippen LogP contribution in [0.2, 0.25) is 0 Å². The number of likely N-dealkylation sites (N-methyl/N-ethyl adjacent to an activating group) is 1. The lowest BCUT2D eigenvalue weighted by Crippen LogP contribution is -2.47. The van der Waals surface area contributed by atoms with Gasteiger partial charge in [0.15, 0.2) is 0 Å². The normalized spacial score (nSPS) is 17.5. The lowest BCUT2D eigenvalue weighted by atomic mass is 10.0. The van der Waals surface area contributed by atoms with Crippen molar-refractivity contribution in [2.75, 3.05) is 45.9 Å². The van der Waals surface area contributed by atoms with E-state index in [-0.39, 0.29) is 6.04 Å². The van der Waals surface area contributed by atoms with Gasteiger partial charge in [0.2, 0.25) is 0 Å². The summed E-state index contributed by atoms with van der Waals surface area (Å²) in [6, 6.07) is 7.98. The number of rotatable bonds is 7. The first-order valence-electron chi connectivity index (χ1n) is 8.49. The second-order valence-corrected chi connectivity index (χ2v) is 5.57. The number of nitriles is 1. The van der Waals surface area contributed by atoms with Crippen LogP contribution < -0.4 is 9.47 Å². The molecule has 1 aromatic carbocycles. The van der Waals surface area contributed by atoms with Crippen molar-refractivity contribution in [2.45, 2.75) is 26.8 Å². The van der Waals surface area contributed by atoms with Gasteiger partial charge in [-0.2, -0.15) is 5.26 Å². The Labute approximate surface area is 139 Å². The summed E-state index contributed by atoms with van der Waals surface area (Å²) in [4.78, 5) is 4.65. The zero-order valence-corrected chi connectivity index (χ0v) is 14.4. The first-order valence-corrected chi connectivity index (χ1v) is 8.49. The van der Waals surface area contributed by atoms with E-state index in [0.717, 1.165) is 49.8 Å². The number of hydrogen-bond donors (Lipinski definition) is 0. The summed E-state index contributed by atoms with van der Waals surface area (Å²) in [6.07, 6.45) is 0. The maximum atomic E-state index is 9.73. The Kier molecular flexibility index (Phi) is 6.69. The molecule has 1 fully saturated rings. The van der Waals surface area contributed by atoms with Crippen LogP contribution in [0, 0.1) is 11.3 Å². The van der Waals surface area contributed by atoms with Gasteiger partial charge in [-0.3, -0.25) is 4.90 Å². The molecule has 0 radical (unpaired) electrons. The Morgan fingerprint density at radius 2 is 1.78 bits per heavy atom. The monoisotopic (exact) mass is 317 g/mol. The quantitative estimate of drug-likeness (QED) is 0.774. The summed E-state index contributed by atoms with van der Waals surface area (Å²) in [6.45, 7) is 12.2. The molecule has 0 aromatic heterocycles. The molecule has 0 amide bonds. The number of nitrogens with zero attached hydrogens (tertiary/aromatic N) is 3. The van der Waals surface area contributed by atoms with Gasteiger partial charge in [-0.25, -0.2) is 0 Å². The molecule has 1 saturated heterocycles. The summed E-state index contributed by atoms with van der Waals surface area (Å²) in [5.41, 5.74) is 0.933. The largest absolute Gasteiger partial charge is 0.494 e. The third kappa shape index (κ3) is 4.37. The standard InChI is InChI=1S/C18H27N3O2/c1-4-20-9-11-21(12-10-20)17(14-19)16-8-7-15(22-5-2)13-18(16)23-6-3/h7-8,13,17H,4-6,9-12H2,1-3H3. The Hall–Kier alpha value is -1.77. The van der Waals surface area contributed by atoms with Gasteiger partial charge < -0.3 is 14.4 Å². The Balaban J connectivity index is 2.21. The van der Waals surface area contributed by atoms with E-state index in [4.69, 9.17) is 9.47 Å². The van der Waals surface area contributed by atoms with E-state index in [2.05, 4.69) is 22.8 Å². The molecule has 1 atom stereocenters. The van der Waals surface area contributed by atoms with Crippen molar-refractivity contribution in [1.29, 1.82) is 5.26 Å². The minimum atomic E-state index is -0.272. The van der Waals surface area contributed by atoms with Crippen LogP contribution in [-0.4, -0.2) is 55.7 Å². The average molecular weight is 317 g/mol. The number of hydrogen-bond acceptors (Lipinski definition) is 5. The van der Waals surface area contributed by atoms with Crippen LogP contribution in [0.1, 0.15) is 32.4 Å². The van der Waals surface area contributed by atoms with E-state index in [1.807, 2.05) is 32.0 Å². The van der Waals surface area contributed by atoms with Crippen LogP contribution >= 0.6 is 0 Å². The Morgan fingerprint density at radius 3 is 2.35 bits per heavy atom. The van der Waals surface area contributed by atoms with Crippen LogP contribution in [0.25, 0.3) is 0 Å². The molecule has 1 aliphatic heterocycles. The molecule has 0 saturated carbocycles. The topological polar surface area (TPSA) is 48.7 Å². The summed E-state index contributed by atoms with van der Waals surface area (Å²) >= 11 is 0. The van der Waals surface area contributed by atoms with Crippen molar-refractivity contribution in [3.05, 3.63) is 23.8 Å². The molecule has 1 aromatic rings. The smallest absolute Gasteiger partial charge is 0.128 e. The molecule has 5 heteroatoms. The van der Waals surface area contributed by atoms with Gasteiger partial charge in [0.1, 0.15) is 17.5 Å². The zero-order valence-electron chi connectivity index (χ0n) is 14.4. The fourth-order valence-electron chi connectivity index (χ4n) is 2.96. The summed E-state index contributed by atoms with van der Waals surface area (Å²) < 4.78 is 11.3. The SMILES string of the molecule is CCOc1ccc(C(C#N)N2CCN(CC)CC2)c(OCC)c1. The van der Waals surface area contributed by atoms with Gasteiger partial charge in [-0.15, -0.1) is 0 Å². The molecule has 1 aliphatic rings. The van der Waals surface area contributed by atoms with Crippen LogP contribution in [0.3, 0.4) is 0 Å². The molecule has 5 nitrogen and oxygen atoms in total. The highest BCUT2D eigenvalue weighted by Gasteiger charge is 2.27. The van der Waals surface area contributed by atoms with E-state index >= 15 is 0 Å². The number of benzene rings is 1. The van der Waals surface area contributed by atoms with E-state index in [0.29, 0.717) is 13.2 Å². The van der Waals surface area contributed by atoms with Gasteiger partial charge in [-0.1, -0.05) is 6.92 Å². The van der Waals surface area contributed by atoms with Crippen LogP contribution in [0.15, 0.2) is 18.2 Å². The third-order valence-corrected chi connectivity index (χ3v) is 4.23. The maximum absolute atomic E-state index is 9.73. The highest BCUT2D eigenvalue weighted by molar-refractivity contribution is 5.44. The highest BCUT2D eigenvalue weighted by atomic mass is 16.5. The lowest BCUT2D eigenvalue weighted by Gasteiger charge is -2.36. The third-order valence-electron chi connectivity index (χ3n) is 4.23. The minimum Gasteiger partial charge on any atom is -0.494 e. The average Bonchev–Trinajstić information content (AvgIpc) is 2.58. The van der Waals surface area contributed by atoms with Crippen molar-refractivity contribution in [1.82, 2.24) is 9.80 Å². The van der Waals surface area contributed by atoms with Crippen molar-refractivity contribution in [3.63, 3.8) is 0 Å². The van der Waals surface area contributed by atoms with E-state index in [1.165, 1.54) is 0 Å². The van der Waals surface area contributed by atoms with Crippen LogP contribution in [0.5, 0.6) is 11.5 Å². The summed E-state index contributed by atoms with van der Waals surface area (Å²) in [5.74, 6) is 1.54. The Morgan fingerprint density at radius 1 is 1.09 bits per heavy atom. The summed E-state index contributed by atoms with van der Waals surface area (Å²) in [7, 11) is 0. The number of ether oxygens (including phenoxy) is 2. The van der Waals surface area contributed by atoms with E-state index < -0.39 is 0 Å². The molecule has 1 unspecified atom stereocenters. The molecule has 0 aliphatic carbocycles. The van der Waals surface area contributed by atoms with Gasteiger partial charge in [0, 0.05) is 37.8 Å². The lowest BCUT2D eigenvalue weighted by molar-refractivity contribution is 0.117. The van der Waals surface area contributed by atoms with Gasteiger partial charge in [0.05, 0.1) is 19.3 Å². The summed E-state index contributed by atoms with van der Waals surface area (Å²) in [5, 5.41) is 9.73. The second kappa shape index (κ2) is 8.76. The predicted molar refractivity (Wildman–Crippen MR) is 90.8 cm³/mol. The Bertz CT molecular complexity index is 534. The van der Waals surface area contributed by atoms with Crippen molar-refractivity contribution < 1.29 is 9.47 Å². The minimum absolute atomic E-state index is 0.272. The van der Waals surface area contributed by atoms with Crippen LogP contribution in [0.4, 0.5) is 0 Å². The first-order chi connectivity index (χ1) is 11.2. The maximum Gasteiger partial charge on any atom is 0.128 e. The van der Waals surface area contributed by atoms with Crippen molar-refractivity contribution >= 4 is 0 Å². The van der Waals surface area contributed by atoms with E-state index in [1.54, 1.807) is 0 Å². The molecule has 2 rings (SSSR count). The highest BCUT2D eigenvalue weighted by Crippen LogP contribution is 2.33. The van der Waals surface area contributed by atoms with Crippen molar-refractivity contribution in [3.8, 4) is 17.6 Å². The fourth-order valence-corrected chi connectivity index (χ4v) is 2.96. The molecule has 0 N–H and O–H groups in total. The zero-order chi connectivity index (χ0) is 16.7. The molecular weight excluding hydrogens is 290 g/mol. The molecule has 0 spiro atoms. The molecule has 23 heavy (non-hydrogen) atoms. The van der Waals surface area contributed by atoms with Gasteiger partial charge in [0.25, 0.3) is 0 Å². The van der Waals surface area contributed by atoms with Gasteiger partial charge >= 0.3 is 0 Å². The molecular formula is C18H27N3O2. The van der Waals surface area contributed by atoms with Crippen LogP contribution in [-0.2, 0) is 0 Å². The van der Waals surface area contributed by atoms with Gasteiger partial charge in [-0.05, 0) is 32.5 Å². The molecule has 0 bridgehead atoms.